The highest BCUT2D eigenvalue weighted by molar-refractivity contribution is 6.76. The molecule has 0 spiro atoms. The minimum Gasteiger partial charge on any atom is -0.377 e. The zero-order valence-electron chi connectivity index (χ0n) is 16.4. The highest BCUT2D eigenvalue weighted by Gasteiger charge is 2.34. The molecule has 0 fully saturated rings. The van der Waals surface area contributed by atoms with Crippen molar-refractivity contribution in [3.63, 3.8) is 0 Å². The molecule has 7 nitrogen and oxygen atoms in total. The van der Waals surface area contributed by atoms with Gasteiger partial charge in [-0.05, 0) is 12.1 Å². The second-order valence-corrected chi connectivity index (χ2v) is 12.9. The summed E-state index contributed by atoms with van der Waals surface area (Å²) in [7, 11) is -1.18. The molecule has 27 heavy (non-hydrogen) atoms. The average molecular weight is 396 g/mol. The molecule has 0 saturated carbocycles. The van der Waals surface area contributed by atoms with Gasteiger partial charge in [0.2, 0.25) is 0 Å². The van der Waals surface area contributed by atoms with Gasteiger partial charge in [0.15, 0.2) is 0 Å². The monoisotopic (exact) mass is 395 g/mol. The number of nitrogens with zero attached hydrogens (tertiary/aromatic N) is 1. The fourth-order valence-electron chi connectivity index (χ4n) is 2.50. The molecule has 1 aromatic carbocycles. The number of amides is 2. The predicted molar refractivity (Wildman–Crippen MR) is 104 cm³/mol. The van der Waals surface area contributed by atoms with Gasteiger partial charge in [0.25, 0.3) is 11.8 Å². The molecule has 0 bridgehead atoms. The lowest BCUT2D eigenvalue weighted by molar-refractivity contribution is -0.0621. The Morgan fingerprint density at radius 3 is 1.85 bits per heavy atom. The van der Waals surface area contributed by atoms with Crippen molar-refractivity contribution in [3.05, 3.63) is 35.4 Å². The Bertz CT molecular complexity index is 596. The number of fused-ring (bicyclic) bond motifs is 1. The summed E-state index contributed by atoms with van der Waals surface area (Å²) in [4.78, 5) is 25.6. The Balaban J connectivity index is 1.46. The Kier molecular flexibility index (Phi) is 8.58. The van der Waals surface area contributed by atoms with Crippen LogP contribution in [0.2, 0.25) is 19.6 Å². The summed E-state index contributed by atoms with van der Waals surface area (Å²) in [5.74, 6) is -0.520. The van der Waals surface area contributed by atoms with Crippen LogP contribution in [0.25, 0.3) is 0 Å². The van der Waals surface area contributed by atoms with Gasteiger partial charge in [-0.2, -0.15) is 0 Å². The van der Waals surface area contributed by atoms with Crippen molar-refractivity contribution in [2.75, 3.05) is 52.6 Å². The molecule has 0 atom stereocenters. The van der Waals surface area contributed by atoms with Gasteiger partial charge in [-0.25, -0.2) is 0 Å². The first-order chi connectivity index (χ1) is 12.9. The highest BCUT2D eigenvalue weighted by atomic mass is 28.3. The third-order valence-electron chi connectivity index (χ3n) is 3.78. The quantitative estimate of drug-likeness (QED) is 0.221. The van der Waals surface area contributed by atoms with Crippen LogP contribution in [0, 0.1) is 0 Å². The van der Waals surface area contributed by atoms with Crippen LogP contribution in [-0.4, -0.2) is 77.4 Å². The van der Waals surface area contributed by atoms with E-state index in [9.17, 15) is 9.59 Å². The van der Waals surface area contributed by atoms with Gasteiger partial charge < -0.3 is 18.9 Å². The lowest BCUT2D eigenvalue weighted by Crippen LogP contribution is -2.33. The van der Waals surface area contributed by atoms with E-state index in [0.29, 0.717) is 44.3 Å². The number of benzene rings is 1. The van der Waals surface area contributed by atoms with Crippen LogP contribution in [-0.2, 0) is 18.9 Å². The second-order valence-electron chi connectivity index (χ2n) is 7.47. The van der Waals surface area contributed by atoms with Gasteiger partial charge in [-0.1, -0.05) is 31.8 Å². The summed E-state index contributed by atoms with van der Waals surface area (Å²) in [5.41, 5.74) is 0.916. The van der Waals surface area contributed by atoms with Crippen molar-refractivity contribution >= 4 is 19.9 Å². The maximum absolute atomic E-state index is 12.2. The number of hydrogen-bond donors (Lipinski definition) is 0. The molecule has 0 unspecified atom stereocenters. The van der Waals surface area contributed by atoms with Crippen LogP contribution < -0.4 is 0 Å². The Hall–Kier alpha value is -1.58. The van der Waals surface area contributed by atoms with E-state index < -0.39 is 8.07 Å². The van der Waals surface area contributed by atoms with E-state index in [0.717, 1.165) is 6.23 Å². The molecule has 0 aliphatic carbocycles. The zero-order valence-corrected chi connectivity index (χ0v) is 17.4. The zero-order chi connectivity index (χ0) is 19.7. The van der Waals surface area contributed by atoms with E-state index in [1.807, 2.05) is 0 Å². The summed E-state index contributed by atoms with van der Waals surface area (Å²) in [6, 6.07) is 6.85. The number of hydrogen-bond acceptors (Lipinski definition) is 6. The minimum atomic E-state index is -1.18. The fourth-order valence-corrected chi connectivity index (χ4v) is 3.20. The largest absolute Gasteiger partial charge is 0.377 e. The van der Waals surface area contributed by atoms with Crippen LogP contribution in [0.4, 0.5) is 0 Å². The molecule has 150 valence electrons. The molecule has 1 aromatic rings. The van der Waals surface area contributed by atoms with Crippen LogP contribution in [0.1, 0.15) is 20.7 Å². The van der Waals surface area contributed by atoms with Crippen LogP contribution >= 0.6 is 0 Å². The van der Waals surface area contributed by atoms with E-state index in [2.05, 4.69) is 19.6 Å². The first-order valence-corrected chi connectivity index (χ1v) is 12.9. The highest BCUT2D eigenvalue weighted by Crippen LogP contribution is 2.21. The third kappa shape index (κ3) is 7.15. The summed E-state index contributed by atoms with van der Waals surface area (Å²) >= 11 is 0. The summed E-state index contributed by atoms with van der Waals surface area (Å²) < 4.78 is 21.6. The SMILES string of the molecule is C[Si](C)(C)COCOCCOCCOCCN1C(=O)c2ccccc2C1=O. The molecule has 1 aliphatic rings. The Labute approximate surface area is 161 Å². The number of ether oxygens (including phenoxy) is 4. The van der Waals surface area contributed by atoms with Gasteiger partial charge in [0.1, 0.15) is 6.79 Å². The Morgan fingerprint density at radius 2 is 1.30 bits per heavy atom. The number of imide groups is 1. The molecule has 2 rings (SSSR count). The van der Waals surface area contributed by atoms with Crippen LogP contribution in [0.15, 0.2) is 24.3 Å². The maximum Gasteiger partial charge on any atom is 0.261 e. The molecule has 1 aliphatic heterocycles. The van der Waals surface area contributed by atoms with Crippen molar-refractivity contribution in [3.8, 4) is 0 Å². The van der Waals surface area contributed by atoms with E-state index in [-0.39, 0.29) is 25.0 Å². The summed E-state index contributed by atoms with van der Waals surface area (Å²) in [6.45, 7) is 9.32. The minimum absolute atomic E-state index is 0.240. The van der Waals surface area contributed by atoms with Gasteiger partial charge in [0, 0.05) is 6.23 Å². The first kappa shape index (κ1) is 21.7. The number of carbonyl (C=O) groups is 2. The topological polar surface area (TPSA) is 74.3 Å². The lowest BCUT2D eigenvalue weighted by atomic mass is 10.1. The average Bonchev–Trinajstić information content (AvgIpc) is 2.86. The second kappa shape index (κ2) is 10.7. The third-order valence-corrected chi connectivity index (χ3v) is 4.85. The molecule has 0 radical (unpaired) electrons. The van der Waals surface area contributed by atoms with Crippen LogP contribution in [0.5, 0.6) is 0 Å². The fraction of sp³-hybridized carbons (Fsp3) is 0.579. The number of carbonyl (C=O) groups excluding carboxylic acids is 2. The van der Waals surface area contributed by atoms with E-state index >= 15 is 0 Å². The van der Waals surface area contributed by atoms with Crippen molar-refractivity contribution in [2.24, 2.45) is 0 Å². The lowest BCUT2D eigenvalue weighted by Gasteiger charge is -2.15. The molecule has 0 saturated heterocycles. The van der Waals surface area contributed by atoms with Crippen molar-refractivity contribution < 1.29 is 28.5 Å². The first-order valence-electron chi connectivity index (χ1n) is 9.16. The van der Waals surface area contributed by atoms with Gasteiger partial charge in [-0.3, -0.25) is 14.5 Å². The molecular weight excluding hydrogens is 366 g/mol. The predicted octanol–water partition coefficient (Wildman–Crippen LogP) is 2.18. The molecule has 2 amide bonds. The molecule has 0 aromatic heterocycles. The standard InChI is InChI=1S/C19H29NO6Si/c1-27(2,3)15-26-14-25-13-12-24-11-10-23-9-8-20-18(21)16-6-4-5-7-17(16)19(20)22/h4-7H,8-15H2,1-3H3. The molecule has 8 heteroatoms. The van der Waals surface area contributed by atoms with Gasteiger partial charge in [-0.15, -0.1) is 0 Å². The molecular formula is C19H29NO6Si. The van der Waals surface area contributed by atoms with Crippen molar-refractivity contribution in [1.82, 2.24) is 4.90 Å². The van der Waals surface area contributed by atoms with E-state index in [1.165, 1.54) is 4.90 Å². The van der Waals surface area contributed by atoms with E-state index in [1.54, 1.807) is 24.3 Å². The normalized spacial score (nSPS) is 14.1. The molecule has 1 heterocycles. The maximum atomic E-state index is 12.2. The summed E-state index contributed by atoms with van der Waals surface area (Å²) in [5, 5.41) is 0. The van der Waals surface area contributed by atoms with Gasteiger partial charge in [0.05, 0.1) is 58.8 Å². The van der Waals surface area contributed by atoms with Crippen molar-refractivity contribution in [2.45, 2.75) is 19.6 Å². The summed E-state index contributed by atoms with van der Waals surface area (Å²) in [6.07, 6.45) is 0.787. The van der Waals surface area contributed by atoms with Crippen LogP contribution in [0.3, 0.4) is 0 Å². The smallest absolute Gasteiger partial charge is 0.261 e. The number of rotatable bonds is 13. The van der Waals surface area contributed by atoms with Gasteiger partial charge >= 0.3 is 0 Å². The van der Waals surface area contributed by atoms with E-state index in [4.69, 9.17) is 18.9 Å². The Morgan fingerprint density at radius 1 is 0.778 bits per heavy atom. The molecule has 0 N–H and O–H groups in total. The van der Waals surface area contributed by atoms with Crippen molar-refractivity contribution in [1.29, 1.82) is 0 Å².